The molecule has 0 saturated carbocycles. The third-order valence-corrected chi connectivity index (χ3v) is 3.02. The van der Waals surface area contributed by atoms with Gasteiger partial charge in [-0.2, -0.15) is 5.10 Å². The van der Waals surface area contributed by atoms with Gasteiger partial charge in [-0.1, -0.05) is 18.2 Å². The summed E-state index contributed by atoms with van der Waals surface area (Å²) in [5.41, 5.74) is 9.29. The Morgan fingerprint density at radius 3 is 2.58 bits per heavy atom. The van der Waals surface area contributed by atoms with Crippen LogP contribution in [0, 0.1) is 0 Å². The zero-order valence-corrected chi connectivity index (χ0v) is 13.5. The van der Waals surface area contributed by atoms with Crippen LogP contribution in [0.15, 0.2) is 47.6 Å². The number of halogens is 1. The van der Waals surface area contributed by atoms with E-state index in [0.717, 1.165) is 11.1 Å². The summed E-state index contributed by atoms with van der Waals surface area (Å²) in [6.07, 6.45) is 1.27. The minimum absolute atomic E-state index is 0. The van der Waals surface area contributed by atoms with Gasteiger partial charge in [0, 0.05) is 5.56 Å². The molecule has 0 aliphatic carbocycles. The first kappa shape index (κ1) is 19.0. The molecule has 0 heterocycles. The summed E-state index contributed by atoms with van der Waals surface area (Å²) in [4.78, 5) is 22.2. The molecule has 2 aromatic carbocycles. The van der Waals surface area contributed by atoms with Gasteiger partial charge >= 0.3 is 12.0 Å². The van der Waals surface area contributed by atoms with Gasteiger partial charge in [-0.05, 0) is 35.4 Å². The molecule has 0 aromatic heterocycles. The number of hydrazone groups is 1. The zero-order chi connectivity index (χ0) is 16.8. The monoisotopic (exact) mass is 349 g/mol. The predicted octanol–water partition coefficient (Wildman–Crippen LogP) is 2.27. The predicted molar refractivity (Wildman–Crippen MR) is 92.4 cm³/mol. The minimum Gasteiger partial charge on any atom is -0.507 e. The average molecular weight is 350 g/mol. The van der Waals surface area contributed by atoms with Crippen molar-refractivity contribution in [1.29, 1.82) is 0 Å². The molecule has 0 aliphatic rings. The molecule has 0 saturated heterocycles. The maximum atomic E-state index is 11.6. The molecule has 0 spiro atoms. The molecule has 0 unspecified atom stereocenters. The summed E-state index contributed by atoms with van der Waals surface area (Å²) in [6.45, 7) is 0. The zero-order valence-electron chi connectivity index (χ0n) is 12.7. The van der Waals surface area contributed by atoms with Crippen LogP contribution in [0.25, 0.3) is 11.1 Å². The number of aromatic hydroxyl groups is 1. The normalized spacial score (nSPS) is 10.0. The Hall–Kier alpha value is -3.06. The number of phenolic OH excluding ortho intramolecular Hbond substituents is 1. The van der Waals surface area contributed by atoms with Gasteiger partial charge < -0.3 is 15.6 Å². The number of nitrogens with two attached hydrogens (primary N) is 1. The maximum absolute atomic E-state index is 11.6. The van der Waals surface area contributed by atoms with E-state index < -0.39 is 12.0 Å². The fraction of sp³-hybridized carbons (Fsp3) is 0.0625. The van der Waals surface area contributed by atoms with Crippen LogP contribution < -0.4 is 11.2 Å². The summed E-state index contributed by atoms with van der Waals surface area (Å²) in [6, 6.07) is 10.9. The molecule has 24 heavy (non-hydrogen) atoms. The number of primary amides is 1. The van der Waals surface area contributed by atoms with E-state index in [9.17, 15) is 14.7 Å². The third kappa shape index (κ3) is 4.72. The topological polar surface area (TPSA) is 114 Å². The maximum Gasteiger partial charge on any atom is 0.337 e. The van der Waals surface area contributed by atoms with E-state index in [-0.39, 0.29) is 18.2 Å². The molecule has 4 N–H and O–H groups in total. The number of urea groups is 1. The van der Waals surface area contributed by atoms with Crippen molar-refractivity contribution < 1.29 is 19.4 Å². The number of phenols is 1. The molecule has 126 valence electrons. The minimum atomic E-state index is -0.803. The van der Waals surface area contributed by atoms with Crippen molar-refractivity contribution in [2.24, 2.45) is 10.8 Å². The molecular weight excluding hydrogens is 334 g/mol. The lowest BCUT2D eigenvalue weighted by Crippen LogP contribution is -2.24. The van der Waals surface area contributed by atoms with E-state index in [0.29, 0.717) is 11.1 Å². The summed E-state index contributed by atoms with van der Waals surface area (Å²) in [5.74, 6) is -0.439. The number of nitrogens with one attached hydrogen (secondary N) is 1. The van der Waals surface area contributed by atoms with Gasteiger partial charge in [-0.3, -0.25) is 0 Å². The first-order valence-electron chi connectivity index (χ1n) is 6.61. The van der Waals surface area contributed by atoms with Gasteiger partial charge in [0.25, 0.3) is 0 Å². The number of methoxy groups -OCH3 is 1. The standard InChI is InChI=1S/C16H15N3O4.ClH/c1-23-15(21)12-4-2-3-10(7-12)11-5-6-14(20)13(8-11)9-18-19-16(17)22;/h2-9,20H,1H3,(H3,17,19,22);1H. The lowest BCUT2D eigenvalue weighted by molar-refractivity contribution is 0.0600. The first-order chi connectivity index (χ1) is 11.0. The molecule has 0 fully saturated rings. The van der Waals surface area contributed by atoms with Gasteiger partial charge in [-0.25, -0.2) is 15.0 Å². The number of hydrogen-bond donors (Lipinski definition) is 3. The van der Waals surface area contributed by atoms with Crippen LogP contribution >= 0.6 is 12.4 Å². The number of carbonyl (C=O) groups is 2. The number of ether oxygens (including phenoxy) is 1. The van der Waals surface area contributed by atoms with Crippen LogP contribution in [0.5, 0.6) is 5.75 Å². The quantitative estimate of drug-likeness (QED) is 0.446. The van der Waals surface area contributed by atoms with Crippen molar-refractivity contribution in [2.75, 3.05) is 7.11 Å². The SMILES string of the molecule is COC(=O)c1cccc(-c2ccc(O)c(C=NNC(N)=O)c2)c1.Cl. The highest BCUT2D eigenvalue weighted by Gasteiger charge is 2.08. The molecule has 2 amide bonds. The second-order valence-electron chi connectivity index (χ2n) is 4.58. The number of amides is 2. The highest BCUT2D eigenvalue weighted by Crippen LogP contribution is 2.26. The Morgan fingerprint density at radius 2 is 1.92 bits per heavy atom. The highest BCUT2D eigenvalue weighted by molar-refractivity contribution is 5.92. The number of rotatable bonds is 4. The van der Waals surface area contributed by atoms with Gasteiger partial charge in [-0.15, -0.1) is 12.4 Å². The van der Waals surface area contributed by atoms with Gasteiger partial charge in [0.15, 0.2) is 0 Å². The van der Waals surface area contributed by atoms with E-state index in [1.165, 1.54) is 19.4 Å². The van der Waals surface area contributed by atoms with Crippen molar-refractivity contribution in [3.63, 3.8) is 0 Å². The van der Waals surface area contributed by atoms with Crippen molar-refractivity contribution in [3.05, 3.63) is 53.6 Å². The van der Waals surface area contributed by atoms with E-state index in [1.54, 1.807) is 30.3 Å². The van der Waals surface area contributed by atoms with Gasteiger partial charge in [0.1, 0.15) is 5.75 Å². The van der Waals surface area contributed by atoms with E-state index in [2.05, 4.69) is 5.10 Å². The van der Waals surface area contributed by atoms with Gasteiger partial charge in [0.05, 0.1) is 18.9 Å². The molecule has 7 nitrogen and oxygen atoms in total. The smallest absolute Gasteiger partial charge is 0.337 e. The molecule has 0 radical (unpaired) electrons. The second kappa shape index (κ2) is 8.54. The second-order valence-corrected chi connectivity index (χ2v) is 4.58. The fourth-order valence-corrected chi connectivity index (χ4v) is 1.95. The van der Waals surface area contributed by atoms with Crippen LogP contribution in [-0.2, 0) is 4.74 Å². The Kier molecular flexibility index (Phi) is 6.76. The number of nitrogens with zero attached hydrogens (tertiary/aromatic N) is 1. The Balaban J connectivity index is 0.00000288. The molecule has 0 aliphatic heterocycles. The number of esters is 1. The van der Waals surface area contributed by atoms with Crippen LogP contribution in [0.1, 0.15) is 15.9 Å². The van der Waals surface area contributed by atoms with Gasteiger partial charge in [0.2, 0.25) is 0 Å². The lowest BCUT2D eigenvalue weighted by atomic mass is 10.0. The van der Waals surface area contributed by atoms with Crippen LogP contribution in [0.3, 0.4) is 0 Å². The summed E-state index contributed by atoms with van der Waals surface area (Å²) < 4.78 is 4.69. The Bertz CT molecular complexity index is 778. The van der Waals surface area contributed by atoms with Crippen LogP contribution in [0.2, 0.25) is 0 Å². The number of hydrogen-bond acceptors (Lipinski definition) is 5. The molecule has 2 rings (SSSR count). The Labute approximate surface area is 144 Å². The summed E-state index contributed by atoms with van der Waals surface area (Å²) in [5, 5.41) is 13.4. The van der Waals surface area contributed by atoms with E-state index in [1.807, 2.05) is 11.5 Å². The van der Waals surface area contributed by atoms with Crippen LogP contribution in [-0.4, -0.2) is 30.4 Å². The van der Waals surface area contributed by atoms with E-state index in [4.69, 9.17) is 10.5 Å². The largest absolute Gasteiger partial charge is 0.507 e. The molecule has 0 bridgehead atoms. The molecule has 8 heteroatoms. The van der Waals surface area contributed by atoms with Crippen molar-refractivity contribution >= 4 is 30.6 Å². The third-order valence-electron chi connectivity index (χ3n) is 3.02. The molecular formula is C16H16ClN3O4. The summed E-state index contributed by atoms with van der Waals surface area (Å²) >= 11 is 0. The first-order valence-corrected chi connectivity index (χ1v) is 6.61. The molecule has 2 aromatic rings. The molecule has 0 atom stereocenters. The van der Waals surface area contributed by atoms with Crippen molar-refractivity contribution in [3.8, 4) is 16.9 Å². The number of carbonyl (C=O) groups excluding carboxylic acids is 2. The highest BCUT2D eigenvalue weighted by atomic mass is 35.5. The van der Waals surface area contributed by atoms with Crippen molar-refractivity contribution in [2.45, 2.75) is 0 Å². The fourth-order valence-electron chi connectivity index (χ4n) is 1.95. The van der Waals surface area contributed by atoms with E-state index >= 15 is 0 Å². The Morgan fingerprint density at radius 1 is 1.21 bits per heavy atom. The van der Waals surface area contributed by atoms with Crippen molar-refractivity contribution in [1.82, 2.24) is 5.43 Å². The summed E-state index contributed by atoms with van der Waals surface area (Å²) in [7, 11) is 1.32. The average Bonchev–Trinajstić information content (AvgIpc) is 2.55. The lowest BCUT2D eigenvalue weighted by Gasteiger charge is -2.07. The number of benzene rings is 2. The van der Waals surface area contributed by atoms with Crippen LogP contribution in [0.4, 0.5) is 4.79 Å².